The zero-order chi connectivity index (χ0) is 16.6. The first-order valence-electron chi connectivity index (χ1n) is 7.62. The Morgan fingerprint density at radius 1 is 1.09 bits per heavy atom. The second kappa shape index (κ2) is 5.27. The third kappa shape index (κ3) is 1.64. The molecule has 3 aliphatic heterocycles. The Kier molecular flexibility index (Phi) is 3.90. The number of nitriles is 3. The first kappa shape index (κ1) is 16.3. The lowest BCUT2D eigenvalue weighted by Crippen LogP contribution is -2.74. The third-order valence-corrected chi connectivity index (χ3v) is 4.96. The summed E-state index contributed by atoms with van der Waals surface area (Å²) in [4.78, 5) is 0. The van der Waals surface area contributed by atoms with Crippen LogP contribution >= 0.6 is 0 Å². The van der Waals surface area contributed by atoms with Crippen LogP contribution in [0, 0.1) is 56.2 Å². The largest absolute Gasteiger partial charge is 0.448 e. The van der Waals surface area contributed by atoms with Crippen molar-refractivity contribution in [3.05, 3.63) is 0 Å². The summed E-state index contributed by atoms with van der Waals surface area (Å²) in [6.07, 6.45) is 1.79. The van der Waals surface area contributed by atoms with Crippen molar-refractivity contribution in [3.63, 3.8) is 0 Å². The topological polar surface area (TPSA) is 114 Å². The van der Waals surface area contributed by atoms with Crippen molar-refractivity contribution in [2.24, 2.45) is 16.7 Å². The number of rotatable bonds is 4. The standard InChI is InChI=1S/C16H20N4O2/c1-4-6-11-14(3)21-12(7-5-2)16(10-19,13(20)22-14)15(11,8-17)9-18/h11-12,20H,4-7H2,1-3H3/t11-,12-,14+,16+/m0/s1. The lowest BCUT2D eigenvalue weighted by atomic mass is 9.50. The number of nitrogens with one attached hydrogen (secondary N) is 1. The minimum atomic E-state index is -1.66. The maximum Gasteiger partial charge on any atom is 0.215 e. The normalized spacial score (nSPS) is 38.5. The van der Waals surface area contributed by atoms with Crippen LogP contribution < -0.4 is 0 Å². The number of hydrogen-bond donors (Lipinski definition) is 1. The van der Waals surface area contributed by atoms with E-state index in [1.165, 1.54) is 0 Å². The van der Waals surface area contributed by atoms with Gasteiger partial charge in [0.25, 0.3) is 0 Å². The lowest BCUT2D eigenvalue weighted by molar-refractivity contribution is -0.340. The van der Waals surface area contributed by atoms with Gasteiger partial charge in [0.1, 0.15) is 0 Å². The molecule has 22 heavy (non-hydrogen) atoms. The van der Waals surface area contributed by atoms with E-state index in [4.69, 9.17) is 14.9 Å². The van der Waals surface area contributed by atoms with Crippen LogP contribution in [0.25, 0.3) is 0 Å². The first-order valence-corrected chi connectivity index (χ1v) is 7.62. The molecular formula is C16H20N4O2. The van der Waals surface area contributed by atoms with Crippen LogP contribution in [0.5, 0.6) is 0 Å². The Morgan fingerprint density at radius 3 is 2.14 bits per heavy atom. The van der Waals surface area contributed by atoms with Gasteiger partial charge in [0, 0.05) is 6.92 Å². The molecule has 0 aliphatic carbocycles. The summed E-state index contributed by atoms with van der Waals surface area (Å²) in [7, 11) is 0. The Labute approximate surface area is 130 Å². The molecular weight excluding hydrogens is 280 g/mol. The van der Waals surface area contributed by atoms with Crippen molar-refractivity contribution in [1.29, 1.82) is 21.2 Å². The predicted octanol–water partition coefficient (Wildman–Crippen LogP) is 2.87. The zero-order valence-corrected chi connectivity index (χ0v) is 13.1. The van der Waals surface area contributed by atoms with Crippen LogP contribution in [0.2, 0.25) is 0 Å². The molecule has 3 aliphatic rings. The molecule has 3 saturated heterocycles. The molecule has 3 rings (SSSR count). The minimum absolute atomic E-state index is 0.308. The summed E-state index contributed by atoms with van der Waals surface area (Å²) in [5, 5.41) is 37.8. The van der Waals surface area contributed by atoms with Gasteiger partial charge in [-0.1, -0.05) is 26.7 Å². The smallest absolute Gasteiger partial charge is 0.215 e. The Morgan fingerprint density at radius 2 is 1.68 bits per heavy atom. The van der Waals surface area contributed by atoms with Crippen molar-refractivity contribution in [3.8, 4) is 18.2 Å². The summed E-state index contributed by atoms with van der Waals surface area (Å²) in [5.41, 5.74) is -3.29. The van der Waals surface area contributed by atoms with Gasteiger partial charge in [0.05, 0.1) is 30.2 Å². The van der Waals surface area contributed by atoms with Crippen LogP contribution in [0.1, 0.15) is 46.5 Å². The van der Waals surface area contributed by atoms with Gasteiger partial charge in [-0.25, -0.2) is 0 Å². The molecule has 3 fully saturated rings. The Hall–Kier alpha value is -2.10. The molecule has 116 valence electrons. The SMILES string of the molecule is CCC[C@@H]1C(C#N)(C#N)[C@@]2(C#N)C(=N)O[C@@]1(C)O[C@H]2CCC. The molecule has 6 nitrogen and oxygen atoms in total. The molecule has 0 aromatic carbocycles. The zero-order valence-electron chi connectivity index (χ0n) is 13.1. The van der Waals surface area contributed by atoms with Crippen LogP contribution in [0.3, 0.4) is 0 Å². The van der Waals surface area contributed by atoms with E-state index in [9.17, 15) is 15.8 Å². The van der Waals surface area contributed by atoms with Gasteiger partial charge in [-0.05, 0) is 12.8 Å². The fraction of sp³-hybridized carbons (Fsp3) is 0.750. The maximum atomic E-state index is 9.85. The summed E-state index contributed by atoms with van der Waals surface area (Å²) >= 11 is 0. The number of ether oxygens (including phenoxy) is 2. The van der Waals surface area contributed by atoms with E-state index in [2.05, 4.69) is 18.2 Å². The number of hydrogen-bond acceptors (Lipinski definition) is 6. The van der Waals surface area contributed by atoms with Gasteiger partial charge in [-0.15, -0.1) is 0 Å². The molecule has 0 aromatic rings. The highest BCUT2D eigenvalue weighted by molar-refractivity contribution is 5.88. The average molecular weight is 300 g/mol. The van der Waals surface area contributed by atoms with Gasteiger partial charge in [-0.2, -0.15) is 15.8 Å². The van der Waals surface area contributed by atoms with Crippen molar-refractivity contribution in [1.82, 2.24) is 0 Å². The minimum Gasteiger partial charge on any atom is -0.448 e. The summed E-state index contributed by atoms with van der Waals surface area (Å²) in [6.45, 7) is 5.56. The Balaban J connectivity index is 2.75. The van der Waals surface area contributed by atoms with Crippen LogP contribution in [0.4, 0.5) is 0 Å². The first-order chi connectivity index (χ1) is 10.4. The highest BCUT2D eigenvalue weighted by Crippen LogP contribution is 2.63. The maximum absolute atomic E-state index is 9.85. The van der Waals surface area contributed by atoms with Crippen molar-refractivity contribution < 1.29 is 9.47 Å². The van der Waals surface area contributed by atoms with Crippen molar-refractivity contribution >= 4 is 5.90 Å². The van der Waals surface area contributed by atoms with Crippen molar-refractivity contribution in [2.75, 3.05) is 0 Å². The molecule has 6 heteroatoms. The van der Waals surface area contributed by atoms with E-state index in [0.717, 1.165) is 12.8 Å². The van der Waals surface area contributed by atoms with E-state index in [1.54, 1.807) is 6.92 Å². The van der Waals surface area contributed by atoms with Crippen LogP contribution in [-0.4, -0.2) is 17.8 Å². The highest BCUT2D eigenvalue weighted by Gasteiger charge is 2.78. The van der Waals surface area contributed by atoms with Gasteiger partial charge in [0.2, 0.25) is 11.7 Å². The quantitative estimate of drug-likeness (QED) is 0.857. The fourth-order valence-electron chi connectivity index (χ4n) is 3.95. The third-order valence-electron chi connectivity index (χ3n) is 4.96. The van der Waals surface area contributed by atoms with Gasteiger partial charge in [-0.3, -0.25) is 5.41 Å². The summed E-state index contributed by atoms with van der Waals surface area (Å²) in [6, 6.07) is 6.24. The van der Waals surface area contributed by atoms with Crippen LogP contribution in [-0.2, 0) is 9.47 Å². The average Bonchev–Trinajstić information content (AvgIpc) is 2.49. The molecule has 0 saturated carbocycles. The molecule has 0 amide bonds. The second-order valence-electron chi connectivity index (χ2n) is 6.14. The highest BCUT2D eigenvalue weighted by atomic mass is 16.7. The molecule has 1 N–H and O–H groups in total. The second-order valence-corrected chi connectivity index (χ2v) is 6.14. The molecule has 4 atom stereocenters. The fourth-order valence-corrected chi connectivity index (χ4v) is 3.95. The van der Waals surface area contributed by atoms with Gasteiger partial charge in [0.15, 0.2) is 10.8 Å². The predicted molar refractivity (Wildman–Crippen MR) is 77.1 cm³/mol. The molecule has 0 unspecified atom stereocenters. The molecule has 0 spiro atoms. The van der Waals surface area contributed by atoms with E-state index in [0.29, 0.717) is 12.8 Å². The van der Waals surface area contributed by atoms with E-state index in [-0.39, 0.29) is 5.90 Å². The number of fused-ring (bicyclic) bond motifs is 3. The molecule has 3 heterocycles. The summed E-state index contributed by atoms with van der Waals surface area (Å²) in [5.74, 6) is -2.09. The number of nitrogens with zero attached hydrogens (tertiary/aromatic N) is 3. The lowest BCUT2D eigenvalue weighted by Gasteiger charge is -2.61. The van der Waals surface area contributed by atoms with Gasteiger partial charge >= 0.3 is 0 Å². The van der Waals surface area contributed by atoms with E-state index >= 15 is 0 Å². The molecule has 0 aromatic heterocycles. The van der Waals surface area contributed by atoms with Gasteiger partial charge < -0.3 is 9.47 Å². The van der Waals surface area contributed by atoms with Crippen LogP contribution in [0.15, 0.2) is 0 Å². The monoisotopic (exact) mass is 300 g/mol. The van der Waals surface area contributed by atoms with Crippen molar-refractivity contribution in [2.45, 2.75) is 58.3 Å². The summed E-state index contributed by atoms with van der Waals surface area (Å²) < 4.78 is 11.6. The molecule has 0 radical (unpaired) electrons. The van der Waals surface area contributed by atoms with E-state index < -0.39 is 28.6 Å². The molecule has 2 bridgehead atoms. The van der Waals surface area contributed by atoms with E-state index in [1.807, 2.05) is 13.8 Å². The Bertz CT molecular complexity index is 597.